The van der Waals surface area contributed by atoms with E-state index in [0.717, 1.165) is 12.0 Å². The van der Waals surface area contributed by atoms with Crippen LogP contribution >= 0.6 is 11.6 Å². The molecule has 0 aliphatic heterocycles. The molecule has 3 aromatic rings. The molecule has 0 saturated heterocycles. The van der Waals surface area contributed by atoms with E-state index in [0.29, 0.717) is 35.9 Å². The number of amides is 1. The van der Waals surface area contributed by atoms with Gasteiger partial charge in [-0.1, -0.05) is 41.9 Å². The highest BCUT2D eigenvalue weighted by molar-refractivity contribution is 6.30. The Kier molecular flexibility index (Phi) is 6.92. The number of nitrogens with one attached hydrogen (secondary N) is 2. The zero-order valence-electron chi connectivity index (χ0n) is 15.2. The van der Waals surface area contributed by atoms with E-state index in [-0.39, 0.29) is 17.4 Å². The molecule has 0 spiro atoms. The van der Waals surface area contributed by atoms with Crippen molar-refractivity contribution in [3.05, 3.63) is 88.3 Å². The molecule has 0 bridgehead atoms. The minimum absolute atomic E-state index is 0.219. The Morgan fingerprint density at radius 2 is 1.71 bits per heavy atom. The van der Waals surface area contributed by atoms with Crippen molar-refractivity contribution in [1.29, 1.82) is 0 Å². The molecule has 1 heterocycles. The number of carbonyl (C=O) groups excluding carboxylic acids is 1. The Morgan fingerprint density at radius 1 is 0.929 bits per heavy atom. The lowest BCUT2D eigenvalue weighted by molar-refractivity contribution is 0.0948. The number of nitrogens with zero attached hydrogens (tertiary/aromatic N) is 2. The molecule has 2 aromatic carbocycles. The average molecular weight is 399 g/mol. The lowest BCUT2D eigenvalue weighted by Crippen LogP contribution is -2.27. The van der Waals surface area contributed by atoms with E-state index in [2.05, 4.69) is 20.8 Å². The molecule has 2 N–H and O–H groups in total. The zero-order chi connectivity index (χ0) is 19.8. The molecule has 1 aromatic heterocycles. The lowest BCUT2D eigenvalue weighted by atomic mass is 10.1. The van der Waals surface area contributed by atoms with Crippen LogP contribution in [-0.4, -0.2) is 29.2 Å². The van der Waals surface area contributed by atoms with Gasteiger partial charge in [-0.2, -0.15) is 0 Å². The van der Waals surface area contributed by atoms with Crippen LogP contribution in [0.1, 0.15) is 21.6 Å². The minimum Gasteiger partial charge on any atom is -0.368 e. The standard InChI is InChI=1S/C21H20ClFN4O/c22-17-7-5-15(6-8-17)11-13-24-20-10-9-19(26-27-20)21(28)25-14-12-16-3-1-2-4-18(16)23/h1-10H,11-14H2,(H,24,27)(H,25,28). The highest BCUT2D eigenvalue weighted by Gasteiger charge is 2.08. The quantitative estimate of drug-likeness (QED) is 0.604. The van der Waals surface area contributed by atoms with Crippen LogP contribution in [0, 0.1) is 5.82 Å². The number of hydrogen-bond acceptors (Lipinski definition) is 4. The average Bonchev–Trinajstić information content (AvgIpc) is 2.71. The monoisotopic (exact) mass is 398 g/mol. The minimum atomic E-state index is -0.337. The van der Waals surface area contributed by atoms with Crippen molar-refractivity contribution in [3.8, 4) is 0 Å². The summed E-state index contributed by atoms with van der Waals surface area (Å²) >= 11 is 5.87. The second kappa shape index (κ2) is 9.80. The molecule has 28 heavy (non-hydrogen) atoms. The van der Waals surface area contributed by atoms with Gasteiger partial charge in [0.1, 0.15) is 11.6 Å². The van der Waals surface area contributed by atoms with Gasteiger partial charge < -0.3 is 10.6 Å². The molecule has 0 aliphatic carbocycles. The van der Waals surface area contributed by atoms with Crippen molar-refractivity contribution < 1.29 is 9.18 Å². The summed E-state index contributed by atoms with van der Waals surface area (Å²) < 4.78 is 13.6. The third-order valence-corrected chi connectivity index (χ3v) is 4.42. The summed E-state index contributed by atoms with van der Waals surface area (Å²) in [5, 5.41) is 14.6. The molecular weight excluding hydrogens is 379 g/mol. The molecule has 7 heteroatoms. The Labute approximate surface area is 168 Å². The third-order valence-electron chi connectivity index (χ3n) is 4.17. The highest BCUT2D eigenvalue weighted by atomic mass is 35.5. The van der Waals surface area contributed by atoms with Gasteiger partial charge in [-0.05, 0) is 54.3 Å². The van der Waals surface area contributed by atoms with Gasteiger partial charge in [0, 0.05) is 18.1 Å². The van der Waals surface area contributed by atoms with Crippen LogP contribution in [0.25, 0.3) is 0 Å². The Bertz CT molecular complexity index is 916. The lowest BCUT2D eigenvalue weighted by Gasteiger charge is -2.07. The largest absolute Gasteiger partial charge is 0.368 e. The maximum atomic E-state index is 13.6. The van der Waals surface area contributed by atoms with Crippen molar-refractivity contribution in [2.45, 2.75) is 12.8 Å². The molecule has 3 rings (SSSR count). The van der Waals surface area contributed by atoms with Crippen molar-refractivity contribution in [2.24, 2.45) is 0 Å². The van der Waals surface area contributed by atoms with Crippen LogP contribution in [0.2, 0.25) is 5.02 Å². The van der Waals surface area contributed by atoms with Gasteiger partial charge in [0.25, 0.3) is 5.91 Å². The summed E-state index contributed by atoms with van der Waals surface area (Å²) in [6, 6.07) is 17.5. The predicted octanol–water partition coefficient (Wildman–Crippen LogP) is 3.90. The first-order chi connectivity index (χ1) is 13.6. The van der Waals surface area contributed by atoms with Crippen LogP contribution < -0.4 is 10.6 Å². The topological polar surface area (TPSA) is 66.9 Å². The van der Waals surface area contributed by atoms with Gasteiger partial charge in [-0.15, -0.1) is 10.2 Å². The molecule has 0 unspecified atom stereocenters. The number of rotatable bonds is 8. The van der Waals surface area contributed by atoms with Gasteiger partial charge in [-0.25, -0.2) is 4.39 Å². The fraction of sp³-hybridized carbons (Fsp3) is 0.190. The SMILES string of the molecule is O=C(NCCc1ccccc1F)c1ccc(NCCc2ccc(Cl)cc2)nn1. The van der Waals surface area contributed by atoms with Crippen LogP contribution in [0.4, 0.5) is 10.2 Å². The molecule has 0 atom stereocenters. The first-order valence-electron chi connectivity index (χ1n) is 8.95. The molecule has 1 amide bonds. The number of carbonyl (C=O) groups is 1. The maximum Gasteiger partial charge on any atom is 0.271 e. The van der Waals surface area contributed by atoms with E-state index in [1.165, 1.54) is 6.07 Å². The second-order valence-electron chi connectivity index (χ2n) is 6.20. The van der Waals surface area contributed by atoms with Gasteiger partial charge in [0.15, 0.2) is 5.69 Å². The Morgan fingerprint density at radius 3 is 2.43 bits per heavy atom. The number of halogens is 2. The smallest absolute Gasteiger partial charge is 0.271 e. The van der Waals surface area contributed by atoms with Gasteiger partial charge in [0.2, 0.25) is 0 Å². The predicted molar refractivity (Wildman–Crippen MR) is 108 cm³/mol. The normalized spacial score (nSPS) is 10.5. The fourth-order valence-electron chi connectivity index (χ4n) is 2.64. The Hall–Kier alpha value is -2.99. The summed E-state index contributed by atoms with van der Waals surface area (Å²) in [7, 11) is 0. The first-order valence-corrected chi connectivity index (χ1v) is 9.33. The molecule has 0 radical (unpaired) electrons. The van der Waals surface area contributed by atoms with Crippen molar-refractivity contribution in [2.75, 3.05) is 18.4 Å². The van der Waals surface area contributed by atoms with Gasteiger partial charge in [-0.3, -0.25) is 4.79 Å². The third kappa shape index (κ3) is 5.76. The highest BCUT2D eigenvalue weighted by Crippen LogP contribution is 2.10. The van der Waals surface area contributed by atoms with E-state index in [1.807, 2.05) is 24.3 Å². The summed E-state index contributed by atoms with van der Waals surface area (Å²) in [4.78, 5) is 12.1. The summed E-state index contributed by atoms with van der Waals surface area (Å²) in [6.45, 7) is 1.01. The molecule has 0 saturated carbocycles. The van der Waals surface area contributed by atoms with Crippen LogP contribution in [0.15, 0.2) is 60.7 Å². The second-order valence-corrected chi connectivity index (χ2v) is 6.64. The van der Waals surface area contributed by atoms with Gasteiger partial charge >= 0.3 is 0 Å². The number of anilines is 1. The van der Waals surface area contributed by atoms with E-state index in [9.17, 15) is 9.18 Å². The Balaban J connectivity index is 1.43. The number of benzene rings is 2. The van der Waals surface area contributed by atoms with E-state index in [1.54, 1.807) is 30.3 Å². The van der Waals surface area contributed by atoms with E-state index < -0.39 is 0 Å². The van der Waals surface area contributed by atoms with Crippen LogP contribution in [-0.2, 0) is 12.8 Å². The number of aromatic nitrogens is 2. The summed E-state index contributed by atoms with van der Waals surface area (Å²) in [5.41, 5.74) is 1.95. The van der Waals surface area contributed by atoms with Crippen LogP contribution in [0.3, 0.4) is 0 Å². The maximum absolute atomic E-state index is 13.6. The molecule has 5 nitrogen and oxygen atoms in total. The van der Waals surface area contributed by atoms with Crippen molar-refractivity contribution >= 4 is 23.3 Å². The van der Waals surface area contributed by atoms with Gasteiger partial charge in [0.05, 0.1) is 0 Å². The zero-order valence-corrected chi connectivity index (χ0v) is 15.9. The van der Waals surface area contributed by atoms with Crippen molar-refractivity contribution in [1.82, 2.24) is 15.5 Å². The molecular formula is C21H20ClFN4O. The summed E-state index contributed by atoms with van der Waals surface area (Å²) in [5.74, 6) is -0.0148. The number of hydrogen-bond donors (Lipinski definition) is 2. The molecule has 0 fully saturated rings. The summed E-state index contributed by atoms with van der Waals surface area (Å²) in [6.07, 6.45) is 1.23. The van der Waals surface area contributed by atoms with E-state index >= 15 is 0 Å². The first kappa shape index (κ1) is 19.8. The molecule has 144 valence electrons. The fourth-order valence-corrected chi connectivity index (χ4v) is 2.76. The van der Waals surface area contributed by atoms with Crippen LogP contribution in [0.5, 0.6) is 0 Å². The van der Waals surface area contributed by atoms with E-state index in [4.69, 9.17) is 11.6 Å². The van der Waals surface area contributed by atoms with Crippen molar-refractivity contribution in [3.63, 3.8) is 0 Å². The molecule has 0 aliphatic rings.